The average molecular weight is 188 g/mol. The maximum Gasteiger partial charge on any atom is 0.320 e. The summed E-state index contributed by atoms with van der Waals surface area (Å²) in [6, 6.07) is 0. The van der Waals surface area contributed by atoms with Crippen LogP contribution in [0.25, 0.3) is 0 Å². The third-order valence-corrected chi connectivity index (χ3v) is 1.79. The van der Waals surface area contributed by atoms with Gasteiger partial charge in [-0.05, 0) is 0 Å². The van der Waals surface area contributed by atoms with E-state index in [1.54, 1.807) is 6.92 Å². The molecule has 0 N–H and O–H groups in total. The van der Waals surface area contributed by atoms with Gasteiger partial charge < -0.3 is 14.2 Å². The van der Waals surface area contributed by atoms with Crippen LogP contribution in [0.15, 0.2) is 0 Å². The van der Waals surface area contributed by atoms with E-state index in [4.69, 9.17) is 14.2 Å². The second-order valence-corrected chi connectivity index (χ2v) is 2.82. The van der Waals surface area contributed by atoms with Gasteiger partial charge in [0.15, 0.2) is 0 Å². The third-order valence-electron chi connectivity index (χ3n) is 1.79. The first-order valence-corrected chi connectivity index (χ1v) is 4.04. The lowest BCUT2D eigenvalue weighted by Gasteiger charge is -2.33. The summed E-state index contributed by atoms with van der Waals surface area (Å²) in [5.74, 6) is -2.33. The minimum Gasteiger partial charge on any atom is -0.419 e. The fourth-order valence-corrected chi connectivity index (χ4v) is 1.15. The molecule has 0 bridgehead atoms. The molecule has 0 unspecified atom stereocenters. The highest BCUT2D eigenvalue weighted by atomic mass is 16.8. The Morgan fingerprint density at radius 3 is 2.31 bits per heavy atom. The summed E-state index contributed by atoms with van der Waals surface area (Å²) in [6.45, 7) is 1.83. The van der Waals surface area contributed by atoms with E-state index in [-0.39, 0.29) is 13.0 Å². The minimum atomic E-state index is -1.21. The van der Waals surface area contributed by atoms with Crippen LogP contribution in [-0.4, -0.2) is 31.4 Å². The van der Waals surface area contributed by atoms with E-state index in [1.807, 2.05) is 0 Å². The lowest BCUT2D eigenvalue weighted by molar-refractivity contribution is -0.257. The van der Waals surface area contributed by atoms with Gasteiger partial charge in [-0.15, -0.1) is 0 Å². The molecule has 1 aliphatic heterocycles. The summed E-state index contributed by atoms with van der Waals surface area (Å²) in [5, 5.41) is 0. The normalized spacial score (nSPS) is 20.8. The number of ether oxygens (including phenoxy) is 3. The molecular weight excluding hydrogens is 176 g/mol. The van der Waals surface area contributed by atoms with E-state index in [1.165, 1.54) is 7.11 Å². The lowest BCUT2D eigenvalue weighted by atomic mass is 10.2. The molecule has 1 rings (SSSR count). The molecule has 1 fully saturated rings. The van der Waals surface area contributed by atoms with Crippen LogP contribution in [0.3, 0.4) is 0 Å². The van der Waals surface area contributed by atoms with Crippen LogP contribution in [0.5, 0.6) is 0 Å². The van der Waals surface area contributed by atoms with Crippen LogP contribution < -0.4 is 0 Å². The number of methoxy groups -OCH3 is 1. The van der Waals surface area contributed by atoms with Crippen molar-refractivity contribution in [2.24, 2.45) is 0 Å². The quantitative estimate of drug-likeness (QED) is 0.468. The SMILES string of the molecule is CCC1(COC)OC(=O)CC(=O)O1. The van der Waals surface area contributed by atoms with E-state index in [9.17, 15) is 9.59 Å². The van der Waals surface area contributed by atoms with Crippen molar-refractivity contribution in [3.63, 3.8) is 0 Å². The highest BCUT2D eigenvalue weighted by molar-refractivity contribution is 5.93. The van der Waals surface area contributed by atoms with Crippen LogP contribution in [0, 0.1) is 0 Å². The highest BCUT2D eigenvalue weighted by Gasteiger charge is 2.41. The van der Waals surface area contributed by atoms with Crippen LogP contribution in [-0.2, 0) is 23.8 Å². The summed E-state index contributed by atoms with van der Waals surface area (Å²) in [5.41, 5.74) is 0. The van der Waals surface area contributed by atoms with Gasteiger partial charge in [0.2, 0.25) is 0 Å². The predicted octanol–water partition coefficient (Wildman–Crippen LogP) is 0.229. The molecule has 0 spiro atoms. The largest absolute Gasteiger partial charge is 0.419 e. The Kier molecular flexibility index (Phi) is 2.87. The van der Waals surface area contributed by atoms with Crippen molar-refractivity contribution in [3.05, 3.63) is 0 Å². The Hall–Kier alpha value is -1.10. The minimum absolute atomic E-state index is 0.0704. The van der Waals surface area contributed by atoms with Crippen molar-refractivity contribution in [2.75, 3.05) is 13.7 Å². The van der Waals surface area contributed by atoms with Gasteiger partial charge in [-0.1, -0.05) is 6.92 Å². The molecule has 74 valence electrons. The Labute approximate surface area is 76.0 Å². The third kappa shape index (κ3) is 2.18. The molecule has 1 aliphatic rings. The van der Waals surface area contributed by atoms with Crippen molar-refractivity contribution >= 4 is 11.9 Å². The topological polar surface area (TPSA) is 61.8 Å². The van der Waals surface area contributed by atoms with Gasteiger partial charge in [0, 0.05) is 13.5 Å². The van der Waals surface area contributed by atoms with E-state index >= 15 is 0 Å². The van der Waals surface area contributed by atoms with Gasteiger partial charge >= 0.3 is 11.9 Å². The molecule has 0 aliphatic carbocycles. The number of hydrogen-bond acceptors (Lipinski definition) is 5. The summed E-state index contributed by atoms with van der Waals surface area (Å²) < 4.78 is 14.7. The van der Waals surface area contributed by atoms with Crippen molar-refractivity contribution < 1.29 is 23.8 Å². The monoisotopic (exact) mass is 188 g/mol. The van der Waals surface area contributed by atoms with E-state index < -0.39 is 17.7 Å². The van der Waals surface area contributed by atoms with Gasteiger partial charge in [0.1, 0.15) is 13.0 Å². The molecular formula is C8H12O5. The Bertz CT molecular complexity index is 207. The predicted molar refractivity (Wildman–Crippen MR) is 41.7 cm³/mol. The average Bonchev–Trinajstić information content (AvgIpc) is 2.03. The summed E-state index contributed by atoms with van der Waals surface area (Å²) in [7, 11) is 1.45. The molecule has 0 atom stereocenters. The lowest BCUT2D eigenvalue weighted by Crippen LogP contribution is -2.48. The van der Waals surface area contributed by atoms with E-state index in [2.05, 4.69) is 0 Å². The summed E-state index contributed by atoms with van der Waals surface area (Å²) in [4.78, 5) is 21.9. The highest BCUT2D eigenvalue weighted by Crippen LogP contribution is 2.24. The zero-order chi connectivity index (χ0) is 9.90. The Morgan fingerprint density at radius 2 is 1.92 bits per heavy atom. The molecule has 13 heavy (non-hydrogen) atoms. The van der Waals surface area contributed by atoms with E-state index in [0.29, 0.717) is 6.42 Å². The van der Waals surface area contributed by atoms with Gasteiger partial charge in [-0.3, -0.25) is 9.59 Å². The zero-order valence-electron chi connectivity index (χ0n) is 7.66. The molecule has 5 heteroatoms. The van der Waals surface area contributed by atoms with Gasteiger partial charge in [0.25, 0.3) is 5.79 Å². The Balaban J connectivity index is 2.73. The molecule has 0 aromatic heterocycles. The smallest absolute Gasteiger partial charge is 0.320 e. The molecule has 0 aromatic carbocycles. The number of esters is 2. The van der Waals surface area contributed by atoms with Gasteiger partial charge in [0.05, 0.1) is 0 Å². The van der Waals surface area contributed by atoms with Crippen molar-refractivity contribution in [2.45, 2.75) is 25.6 Å². The molecule has 1 saturated heterocycles. The fourth-order valence-electron chi connectivity index (χ4n) is 1.15. The molecule has 1 heterocycles. The maximum absolute atomic E-state index is 10.9. The molecule has 0 saturated carbocycles. The van der Waals surface area contributed by atoms with E-state index in [0.717, 1.165) is 0 Å². The van der Waals surface area contributed by atoms with Crippen molar-refractivity contribution in [1.29, 1.82) is 0 Å². The van der Waals surface area contributed by atoms with Crippen LogP contribution in [0.4, 0.5) is 0 Å². The first-order chi connectivity index (χ1) is 6.12. The second-order valence-electron chi connectivity index (χ2n) is 2.82. The van der Waals surface area contributed by atoms with Gasteiger partial charge in [-0.25, -0.2) is 0 Å². The van der Waals surface area contributed by atoms with Crippen LogP contribution in [0.1, 0.15) is 19.8 Å². The van der Waals surface area contributed by atoms with Crippen molar-refractivity contribution in [1.82, 2.24) is 0 Å². The number of carbonyl (C=O) groups is 2. The standard InChI is InChI=1S/C8H12O5/c1-3-8(5-11-2)12-6(9)4-7(10)13-8/h3-5H2,1-2H3. The number of rotatable bonds is 3. The molecule has 5 nitrogen and oxygen atoms in total. The summed E-state index contributed by atoms with van der Waals surface area (Å²) in [6.07, 6.45) is 0.0732. The zero-order valence-corrected chi connectivity index (χ0v) is 7.66. The number of hydrogen-bond donors (Lipinski definition) is 0. The molecule has 0 radical (unpaired) electrons. The summed E-state index contributed by atoms with van der Waals surface area (Å²) >= 11 is 0. The number of carbonyl (C=O) groups excluding carboxylic acids is 2. The fraction of sp³-hybridized carbons (Fsp3) is 0.750. The van der Waals surface area contributed by atoms with Crippen molar-refractivity contribution in [3.8, 4) is 0 Å². The second kappa shape index (κ2) is 3.74. The molecule has 0 aromatic rings. The maximum atomic E-state index is 10.9. The molecule has 0 amide bonds. The van der Waals surface area contributed by atoms with Crippen LogP contribution >= 0.6 is 0 Å². The van der Waals surface area contributed by atoms with Crippen LogP contribution in [0.2, 0.25) is 0 Å². The first kappa shape index (κ1) is 9.98. The first-order valence-electron chi connectivity index (χ1n) is 4.04. The number of cyclic esters (lactones) is 2. The Morgan fingerprint density at radius 1 is 1.38 bits per heavy atom. The van der Waals surface area contributed by atoms with Gasteiger partial charge in [-0.2, -0.15) is 0 Å².